The Bertz CT molecular complexity index is 977. The fourth-order valence-corrected chi connectivity index (χ4v) is 4.39. The van der Waals surface area contributed by atoms with E-state index in [4.69, 9.17) is 0 Å². The molecule has 7 nitrogen and oxygen atoms in total. The minimum absolute atomic E-state index is 0.0965. The second-order valence-corrected chi connectivity index (χ2v) is 7.23. The largest absolute Gasteiger partial charge is 0.416 e. The van der Waals surface area contributed by atoms with E-state index in [-0.39, 0.29) is 29.2 Å². The van der Waals surface area contributed by atoms with Crippen LogP contribution < -0.4 is 0 Å². The van der Waals surface area contributed by atoms with Crippen molar-refractivity contribution in [3.63, 3.8) is 0 Å². The summed E-state index contributed by atoms with van der Waals surface area (Å²) in [5, 5.41) is 17.4. The van der Waals surface area contributed by atoms with E-state index in [1.807, 2.05) is 11.0 Å². The number of carbonyl (C=O) groups excluding carboxylic acids is 2. The van der Waals surface area contributed by atoms with Crippen LogP contribution in [0, 0.1) is 23.2 Å². The molecule has 3 aliphatic heterocycles. The van der Waals surface area contributed by atoms with Gasteiger partial charge in [0.25, 0.3) is 0 Å². The van der Waals surface area contributed by atoms with Gasteiger partial charge in [0.15, 0.2) is 5.70 Å². The summed E-state index contributed by atoms with van der Waals surface area (Å²) in [6, 6.07) is 5.85. The van der Waals surface area contributed by atoms with Gasteiger partial charge in [0.1, 0.15) is 6.07 Å². The summed E-state index contributed by atoms with van der Waals surface area (Å²) >= 11 is 0. The van der Waals surface area contributed by atoms with Crippen molar-refractivity contribution in [3.05, 3.63) is 41.2 Å². The first-order chi connectivity index (χ1) is 13.7. The van der Waals surface area contributed by atoms with Crippen LogP contribution >= 0.6 is 0 Å². The summed E-state index contributed by atoms with van der Waals surface area (Å²) in [6.07, 6.45) is -2.88. The normalized spacial score (nSPS) is 28.2. The predicted octanol–water partition coefficient (Wildman–Crippen LogP) is 3.23. The number of benzene rings is 1. The third-order valence-electron chi connectivity index (χ3n) is 5.70. The highest BCUT2D eigenvalue weighted by Gasteiger charge is 2.60. The van der Waals surface area contributed by atoms with Crippen molar-refractivity contribution in [3.8, 4) is 6.07 Å². The van der Waals surface area contributed by atoms with Crippen molar-refractivity contribution in [2.75, 3.05) is 13.6 Å². The first kappa shape index (κ1) is 19.1. The van der Waals surface area contributed by atoms with E-state index in [9.17, 15) is 28.0 Å². The maximum absolute atomic E-state index is 12.7. The number of amides is 2. The molecule has 0 radical (unpaired) electrons. The number of halogens is 3. The predicted molar refractivity (Wildman–Crippen MR) is 93.1 cm³/mol. The van der Waals surface area contributed by atoms with Crippen molar-refractivity contribution >= 4 is 17.5 Å². The zero-order chi connectivity index (χ0) is 20.9. The topological polar surface area (TPSA) is 89.1 Å². The molecule has 0 spiro atoms. The van der Waals surface area contributed by atoms with E-state index in [1.165, 1.54) is 7.05 Å². The number of carbonyl (C=O) groups is 2. The Labute approximate surface area is 164 Å². The van der Waals surface area contributed by atoms with Crippen molar-refractivity contribution < 1.29 is 22.8 Å². The molecule has 3 aliphatic rings. The second-order valence-electron chi connectivity index (χ2n) is 7.23. The highest BCUT2D eigenvalue weighted by atomic mass is 19.4. The van der Waals surface area contributed by atoms with E-state index in [1.54, 1.807) is 0 Å². The number of fused-ring (bicyclic) bond motifs is 3. The quantitative estimate of drug-likeness (QED) is 0.431. The van der Waals surface area contributed by atoms with Gasteiger partial charge in [-0.2, -0.15) is 18.4 Å². The summed E-state index contributed by atoms with van der Waals surface area (Å²) in [6.45, 7) is 0.609. The number of rotatable bonds is 2. The van der Waals surface area contributed by atoms with Gasteiger partial charge in [0.05, 0.1) is 28.8 Å². The molecule has 3 saturated heterocycles. The molecule has 150 valence electrons. The van der Waals surface area contributed by atoms with Crippen LogP contribution in [0.2, 0.25) is 0 Å². The van der Waals surface area contributed by atoms with Gasteiger partial charge in [0, 0.05) is 19.6 Å². The molecule has 0 unspecified atom stereocenters. The van der Waals surface area contributed by atoms with Crippen LogP contribution in [-0.2, 0) is 15.8 Å². The van der Waals surface area contributed by atoms with Gasteiger partial charge in [-0.3, -0.25) is 14.5 Å². The summed E-state index contributed by atoms with van der Waals surface area (Å²) < 4.78 is 38.0. The number of alkyl halides is 3. The Morgan fingerprint density at radius 2 is 1.90 bits per heavy atom. The molecule has 29 heavy (non-hydrogen) atoms. The van der Waals surface area contributed by atoms with Gasteiger partial charge in [-0.25, -0.2) is 0 Å². The highest BCUT2D eigenvalue weighted by Crippen LogP contribution is 2.49. The molecule has 0 saturated carbocycles. The summed E-state index contributed by atoms with van der Waals surface area (Å²) in [5.74, 6) is -1.93. The van der Waals surface area contributed by atoms with Crippen molar-refractivity contribution in [2.24, 2.45) is 22.1 Å². The first-order valence-electron chi connectivity index (χ1n) is 9.05. The Balaban J connectivity index is 1.70. The number of nitrogens with zero attached hydrogens (tertiary/aromatic N) is 5. The van der Waals surface area contributed by atoms with E-state index in [0.717, 1.165) is 42.0 Å². The van der Waals surface area contributed by atoms with Gasteiger partial charge >= 0.3 is 6.18 Å². The smallest absolute Gasteiger partial charge is 0.368 e. The lowest BCUT2D eigenvalue weighted by molar-refractivity contribution is -0.139. The second kappa shape index (κ2) is 6.69. The highest BCUT2D eigenvalue weighted by molar-refractivity contribution is 6.07. The summed E-state index contributed by atoms with van der Waals surface area (Å²) in [4.78, 5) is 28.1. The number of imide groups is 1. The molecule has 3 atom stereocenters. The maximum Gasteiger partial charge on any atom is 0.416 e. The van der Waals surface area contributed by atoms with Gasteiger partial charge in [-0.1, -0.05) is 0 Å². The summed E-state index contributed by atoms with van der Waals surface area (Å²) in [5.41, 5.74) is -0.379. The Morgan fingerprint density at radius 1 is 1.21 bits per heavy atom. The fraction of sp³-hybridized carbons (Fsp3) is 0.421. The SMILES string of the molecule is CN1C(=O)[C@@H]2[C@H](C1=O)/C(=C(/C#N)N=Nc1ccc(C(F)(F)F)cc1)N1CCC[C@H]21. The zero-order valence-corrected chi connectivity index (χ0v) is 15.3. The van der Waals surface area contributed by atoms with Gasteiger partial charge in [0.2, 0.25) is 11.8 Å². The molecule has 10 heteroatoms. The number of nitriles is 1. The molecule has 4 rings (SSSR count). The number of hydrogen-bond donors (Lipinski definition) is 0. The minimum Gasteiger partial charge on any atom is -0.368 e. The van der Waals surface area contributed by atoms with Crippen LogP contribution in [0.4, 0.5) is 18.9 Å². The van der Waals surface area contributed by atoms with Gasteiger partial charge in [-0.15, -0.1) is 10.2 Å². The number of likely N-dealkylation sites (tertiary alicyclic amines) is 1. The van der Waals surface area contributed by atoms with E-state index in [0.29, 0.717) is 12.2 Å². The van der Waals surface area contributed by atoms with Gasteiger partial charge < -0.3 is 4.90 Å². The molecule has 3 fully saturated rings. The molecule has 1 aromatic carbocycles. The van der Waals surface area contributed by atoms with Crippen molar-refractivity contribution in [1.29, 1.82) is 5.26 Å². The molecule has 1 aromatic rings. The van der Waals surface area contributed by atoms with Crippen molar-refractivity contribution in [2.45, 2.75) is 25.1 Å². The Hall–Kier alpha value is -3.22. The molecule has 2 amide bonds. The molecule has 3 heterocycles. The molecule has 0 N–H and O–H groups in total. The Kier molecular flexibility index (Phi) is 4.41. The first-order valence-corrected chi connectivity index (χ1v) is 9.05. The van der Waals surface area contributed by atoms with Gasteiger partial charge in [-0.05, 0) is 37.1 Å². The van der Waals surface area contributed by atoms with E-state index in [2.05, 4.69) is 10.2 Å². The lowest BCUT2D eigenvalue weighted by Gasteiger charge is -2.23. The summed E-state index contributed by atoms with van der Waals surface area (Å²) in [7, 11) is 1.43. The van der Waals surface area contributed by atoms with E-state index < -0.39 is 23.6 Å². The molecule has 0 aliphatic carbocycles. The number of allylic oxidation sites excluding steroid dienone is 1. The zero-order valence-electron chi connectivity index (χ0n) is 15.3. The third kappa shape index (κ3) is 2.97. The average molecular weight is 403 g/mol. The minimum atomic E-state index is -4.46. The lowest BCUT2D eigenvalue weighted by Crippen LogP contribution is -2.35. The lowest BCUT2D eigenvalue weighted by atomic mass is 9.89. The Morgan fingerprint density at radius 3 is 2.52 bits per heavy atom. The molecular weight excluding hydrogens is 387 g/mol. The van der Waals surface area contributed by atoms with Crippen LogP contribution in [0.5, 0.6) is 0 Å². The molecule has 0 aromatic heterocycles. The molecular formula is C19H16F3N5O2. The maximum atomic E-state index is 12.7. The van der Waals surface area contributed by atoms with Crippen LogP contribution in [0.3, 0.4) is 0 Å². The van der Waals surface area contributed by atoms with Crippen LogP contribution in [0.15, 0.2) is 45.9 Å². The number of azo groups is 1. The fourth-order valence-electron chi connectivity index (χ4n) is 4.39. The molecule has 0 bridgehead atoms. The third-order valence-corrected chi connectivity index (χ3v) is 5.70. The van der Waals surface area contributed by atoms with Crippen LogP contribution in [0.1, 0.15) is 18.4 Å². The van der Waals surface area contributed by atoms with Crippen LogP contribution in [0.25, 0.3) is 0 Å². The average Bonchev–Trinajstić information content (AvgIpc) is 3.32. The van der Waals surface area contributed by atoms with E-state index >= 15 is 0 Å². The van der Waals surface area contributed by atoms with Crippen molar-refractivity contribution in [1.82, 2.24) is 9.80 Å². The monoisotopic (exact) mass is 403 g/mol. The number of hydrogen-bond acceptors (Lipinski definition) is 6. The standard InChI is InChI=1S/C19H16F3N5O2/c1-26-17(28)14-13-3-2-8-27(13)16(15(14)18(26)29)12(9-23)25-24-11-6-4-10(5-7-11)19(20,21)22/h4-7,13-15H,2-3,8H2,1H3/b16-12+,25-24?/t13-,14+,15+/m1/s1. The van der Waals surface area contributed by atoms with Crippen LogP contribution in [-0.4, -0.2) is 41.2 Å².